The van der Waals surface area contributed by atoms with Gasteiger partial charge in [-0.3, -0.25) is 4.79 Å². The molecule has 0 bridgehead atoms. The van der Waals surface area contributed by atoms with Crippen LogP contribution in [0.4, 0.5) is 0 Å². The van der Waals surface area contributed by atoms with Gasteiger partial charge in [0.15, 0.2) is 5.65 Å². The largest absolute Gasteiger partial charge is 0.356 e. The van der Waals surface area contributed by atoms with Crippen molar-refractivity contribution in [3.8, 4) is 0 Å². The van der Waals surface area contributed by atoms with Gasteiger partial charge in [0, 0.05) is 36.3 Å². The first-order valence-electron chi connectivity index (χ1n) is 8.84. The molecule has 1 amide bonds. The van der Waals surface area contributed by atoms with Gasteiger partial charge < -0.3 is 5.32 Å². The second-order valence-corrected chi connectivity index (χ2v) is 7.23. The molecule has 136 valence electrons. The number of carbonyl (C=O) groups excluding carboxylic acids is 1. The Kier molecular flexibility index (Phi) is 6.28. The molecular formula is C20H24N4OS. The van der Waals surface area contributed by atoms with Crippen molar-refractivity contribution in [1.82, 2.24) is 19.9 Å². The first-order chi connectivity index (χ1) is 12.6. The SMILES string of the molecule is CSc1ccc(CCC(=O)NCCCc2cnc3cc(C)nn3c2)cc1. The molecule has 1 N–H and O–H groups in total. The van der Waals surface area contributed by atoms with Crippen molar-refractivity contribution in [2.45, 2.75) is 37.5 Å². The predicted octanol–water partition coefficient (Wildman–Crippen LogP) is 3.44. The normalized spacial score (nSPS) is 11.0. The highest BCUT2D eigenvalue weighted by molar-refractivity contribution is 7.98. The van der Waals surface area contributed by atoms with Gasteiger partial charge in [-0.05, 0) is 55.7 Å². The molecule has 2 aromatic heterocycles. The quantitative estimate of drug-likeness (QED) is 0.489. The van der Waals surface area contributed by atoms with Gasteiger partial charge in [-0.25, -0.2) is 9.50 Å². The van der Waals surface area contributed by atoms with Crippen LogP contribution in [0, 0.1) is 6.92 Å². The topological polar surface area (TPSA) is 59.3 Å². The Morgan fingerprint density at radius 3 is 2.77 bits per heavy atom. The molecular weight excluding hydrogens is 344 g/mol. The Morgan fingerprint density at radius 1 is 1.19 bits per heavy atom. The van der Waals surface area contributed by atoms with Crippen LogP contribution in [-0.2, 0) is 17.6 Å². The summed E-state index contributed by atoms with van der Waals surface area (Å²) in [6, 6.07) is 10.4. The number of rotatable bonds is 8. The minimum atomic E-state index is 0.107. The van der Waals surface area contributed by atoms with Gasteiger partial charge in [-0.1, -0.05) is 12.1 Å². The monoisotopic (exact) mass is 368 g/mol. The minimum Gasteiger partial charge on any atom is -0.356 e. The molecule has 0 aliphatic carbocycles. The van der Waals surface area contributed by atoms with Gasteiger partial charge in [0.05, 0.1) is 5.69 Å². The van der Waals surface area contributed by atoms with Crippen LogP contribution in [0.2, 0.25) is 0 Å². The highest BCUT2D eigenvalue weighted by Gasteiger charge is 2.04. The molecule has 0 fully saturated rings. The smallest absolute Gasteiger partial charge is 0.220 e. The van der Waals surface area contributed by atoms with Gasteiger partial charge in [-0.2, -0.15) is 5.10 Å². The van der Waals surface area contributed by atoms with E-state index in [0.29, 0.717) is 13.0 Å². The van der Waals surface area contributed by atoms with E-state index in [1.807, 2.05) is 29.9 Å². The Balaban J connectivity index is 1.37. The zero-order chi connectivity index (χ0) is 18.4. The molecule has 3 aromatic rings. The van der Waals surface area contributed by atoms with E-state index < -0.39 is 0 Å². The Bertz CT molecular complexity index is 873. The van der Waals surface area contributed by atoms with Crippen molar-refractivity contribution in [2.75, 3.05) is 12.8 Å². The number of fused-ring (bicyclic) bond motifs is 1. The second-order valence-electron chi connectivity index (χ2n) is 6.35. The first kappa shape index (κ1) is 18.5. The Hall–Kier alpha value is -2.34. The average Bonchev–Trinajstić information content (AvgIpc) is 3.03. The number of nitrogens with one attached hydrogen (secondary N) is 1. The highest BCUT2D eigenvalue weighted by Crippen LogP contribution is 2.15. The number of hydrogen-bond acceptors (Lipinski definition) is 4. The van der Waals surface area contributed by atoms with Crippen molar-refractivity contribution in [1.29, 1.82) is 0 Å². The molecule has 0 aliphatic rings. The van der Waals surface area contributed by atoms with Crippen LogP contribution in [0.3, 0.4) is 0 Å². The van der Waals surface area contributed by atoms with Crippen LogP contribution in [-0.4, -0.2) is 33.3 Å². The summed E-state index contributed by atoms with van der Waals surface area (Å²) in [5.41, 5.74) is 4.16. The summed E-state index contributed by atoms with van der Waals surface area (Å²) in [7, 11) is 0. The van der Waals surface area contributed by atoms with Crippen LogP contribution in [0.25, 0.3) is 5.65 Å². The molecule has 1 aromatic carbocycles. The summed E-state index contributed by atoms with van der Waals surface area (Å²) in [6.45, 7) is 2.64. The van der Waals surface area contributed by atoms with E-state index in [4.69, 9.17) is 0 Å². The maximum Gasteiger partial charge on any atom is 0.220 e. The molecule has 26 heavy (non-hydrogen) atoms. The lowest BCUT2D eigenvalue weighted by Gasteiger charge is -2.06. The summed E-state index contributed by atoms with van der Waals surface area (Å²) in [5, 5.41) is 7.38. The van der Waals surface area contributed by atoms with E-state index in [2.05, 4.69) is 45.9 Å². The van der Waals surface area contributed by atoms with E-state index in [1.165, 1.54) is 10.5 Å². The lowest BCUT2D eigenvalue weighted by molar-refractivity contribution is -0.121. The van der Waals surface area contributed by atoms with Crippen LogP contribution in [0.1, 0.15) is 29.7 Å². The number of benzene rings is 1. The van der Waals surface area contributed by atoms with Gasteiger partial charge in [0.2, 0.25) is 5.91 Å². The molecule has 2 heterocycles. The summed E-state index contributed by atoms with van der Waals surface area (Å²) in [6.07, 6.45) is 9.02. The molecule has 5 nitrogen and oxygen atoms in total. The molecule has 6 heteroatoms. The Labute approximate surface area is 158 Å². The maximum absolute atomic E-state index is 12.0. The number of amides is 1. The molecule has 0 radical (unpaired) electrons. The first-order valence-corrected chi connectivity index (χ1v) is 10.1. The van der Waals surface area contributed by atoms with E-state index in [9.17, 15) is 4.79 Å². The van der Waals surface area contributed by atoms with E-state index in [0.717, 1.165) is 36.2 Å². The lowest BCUT2D eigenvalue weighted by atomic mass is 10.1. The van der Waals surface area contributed by atoms with E-state index >= 15 is 0 Å². The third-order valence-electron chi connectivity index (χ3n) is 4.25. The molecule has 0 spiro atoms. The lowest BCUT2D eigenvalue weighted by Crippen LogP contribution is -2.25. The summed E-state index contributed by atoms with van der Waals surface area (Å²) >= 11 is 1.73. The summed E-state index contributed by atoms with van der Waals surface area (Å²) in [4.78, 5) is 17.6. The zero-order valence-electron chi connectivity index (χ0n) is 15.2. The summed E-state index contributed by atoms with van der Waals surface area (Å²) < 4.78 is 1.81. The molecule has 0 atom stereocenters. The van der Waals surface area contributed by atoms with E-state index in [-0.39, 0.29) is 5.91 Å². The predicted molar refractivity (Wildman–Crippen MR) is 106 cm³/mol. The average molecular weight is 369 g/mol. The number of aryl methyl sites for hydroxylation is 3. The minimum absolute atomic E-state index is 0.107. The highest BCUT2D eigenvalue weighted by atomic mass is 32.2. The molecule has 0 saturated carbocycles. The fourth-order valence-corrected chi connectivity index (χ4v) is 3.23. The van der Waals surface area contributed by atoms with Gasteiger partial charge >= 0.3 is 0 Å². The number of hydrogen-bond donors (Lipinski definition) is 1. The number of carbonyl (C=O) groups is 1. The van der Waals surface area contributed by atoms with Crippen molar-refractivity contribution in [2.24, 2.45) is 0 Å². The van der Waals surface area contributed by atoms with E-state index in [1.54, 1.807) is 11.8 Å². The zero-order valence-corrected chi connectivity index (χ0v) is 16.1. The molecule has 3 rings (SSSR count). The van der Waals surface area contributed by atoms with Gasteiger partial charge in [-0.15, -0.1) is 11.8 Å². The van der Waals surface area contributed by atoms with Crippen molar-refractivity contribution < 1.29 is 4.79 Å². The van der Waals surface area contributed by atoms with Crippen LogP contribution in [0.15, 0.2) is 47.6 Å². The molecule has 0 unspecified atom stereocenters. The third-order valence-corrected chi connectivity index (χ3v) is 5.00. The standard InChI is InChI=1S/C20H24N4OS/c1-15-12-19-22-13-17(14-24(19)23-15)4-3-11-21-20(25)10-7-16-5-8-18(26-2)9-6-16/h5-6,8-9,12-14H,3-4,7,10-11H2,1-2H3,(H,21,25). The van der Waals surface area contributed by atoms with Crippen molar-refractivity contribution in [3.63, 3.8) is 0 Å². The van der Waals surface area contributed by atoms with Crippen LogP contribution in [0.5, 0.6) is 0 Å². The molecule has 0 saturated heterocycles. The van der Waals surface area contributed by atoms with Gasteiger partial charge in [0.25, 0.3) is 0 Å². The summed E-state index contributed by atoms with van der Waals surface area (Å²) in [5.74, 6) is 0.107. The fraction of sp³-hybridized carbons (Fsp3) is 0.350. The number of aromatic nitrogens is 3. The fourth-order valence-electron chi connectivity index (χ4n) is 2.82. The third kappa shape index (κ3) is 5.08. The number of nitrogens with zero attached hydrogens (tertiary/aromatic N) is 3. The van der Waals surface area contributed by atoms with Crippen molar-refractivity contribution in [3.05, 3.63) is 59.5 Å². The Morgan fingerprint density at radius 2 is 2.00 bits per heavy atom. The van der Waals surface area contributed by atoms with Crippen LogP contribution >= 0.6 is 11.8 Å². The number of thioether (sulfide) groups is 1. The maximum atomic E-state index is 12.0. The molecule has 0 aliphatic heterocycles. The van der Waals surface area contributed by atoms with Gasteiger partial charge in [0.1, 0.15) is 0 Å². The van der Waals surface area contributed by atoms with Crippen LogP contribution < -0.4 is 5.32 Å². The second kappa shape index (κ2) is 8.85. The van der Waals surface area contributed by atoms with Crippen molar-refractivity contribution >= 4 is 23.3 Å².